The SMILES string of the molecule is CCN1CCC(C(C)NCc2ccc(C(C)C)cc2)CC1. The largest absolute Gasteiger partial charge is 0.310 e. The van der Waals surface area contributed by atoms with E-state index in [1.807, 2.05) is 0 Å². The Hall–Kier alpha value is -0.860. The van der Waals surface area contributed by atoms with Crippen LogP contribution in [0.15, 0.2) is 24.3 Å². The molecule has 0 radical (unpaired) electrons. The standard InChI is InChI=1S/C19H32N2/c1-5-21-12-10-19(11-13-21)16(4)20-14-17-6-8-18(9-7-17)15(2)3/h6-9,15-16,19-20H,5,10-14H2,1-4H3. The zero-order chi connectivity index (χ0) is 15.2. The predicted octanol–water partition coefficient (Wildman–Crippen LogP) is 4.02. The smallest absolute Gasteiger partial charge is 0.0208 e. The van der Waals surface area contributed by atoms with E-state index in [2.05, 4.69) is 62.2 Å². The Morgan fingerprint density at radius 2 is 1.71 bits per heavy atom. The lowest BCUT2D eigenvalue weighted by Crippen LogP contribution is -2.41. The van der Waals surface area contributed by atoms with Gasteiger partial charge in [-0.3, -0.25) is 0 Å². The van der Waals surface area contributed by atoms with E-state index in [0.717, 1.165) is 12.5 Å². The fourth-order valence-electron chi connectivity index (χ4n) is 3.24. The molecule has 0 aromatic heterocycles. The Balaban J connectivity index is 1.77. The Morgan fingerprint density at radius 3 is 2.24 bits per heavy atom. The molecule has 1 fully saturated rings. The van der Waals surface area contributed by atoms with Crippen molar-refractivity contribution in [1.29, 1.82) is 0 Å². The van der Waals surface area contributed by atoms with Crippen LogP contribution in [0.2, 0.25) is 0 Å². The van der Waals surface area contributed by atoms with Gasteiger partial charge in [0.05, 0.1) is 0 Å². The maximum absolute atomic E-state index is 3.73. The average molecular weight is 288 g/mol. The van der Waals surface area contributed by atoms with E-state index in [4.69, 9.17) is 0 Å². The summed E-state index contributed by atoms with van der Waals surface area (Å²) in [6, 6.07) is 9.70. The third-order valence-corrected chi connectivity index (χ3v) is 5.06. The van der Waals surface area contributed by atoms with E-state index in [9.17, 15) is 0 Å². The third kappa shape index (κ3) is 4.82. The van der Waals surface area contributed by atoms with Crippen LogP contribution in [0.4, 0.5) is 0 Å². The molecule has 1 saturated heterocycles. The number of hydrogen-bond donors (Lipinski definition) is 1. The van der Waals surface area contributed by atoms with Crippen LogP contribution in [0, 0.1) is 5.92 Å². The highest BCUT2D eigenvalue weighted by Gasteiger charge is 2.22. The minimum absolute atomic E-state index is 0.619. The van der Waals surface area contributed by atoms with Gasteiger partial charge < -0.3 is 10.2 Å². The van der Waals surface area contributed by atoms with E-state index in [-0.39, 0.29) is 0 Å². The first kappa shape index (κ1) is 16.5. The topological polar surface area (TPSA) is 15.3 Å². The number of nitrogens with zero attached hydrogens (tertiary/aromatic N) is 1. The lowest BCUT2D eigenvalue weighted by atomic mass is 9.90. The quantitative estimate of drug-likeness (QED) is 0.850. The minimum atomic E-state index is 0.619. The monoisotopic (exact) mass is 288 g/mol. The van der Waals surface area contributed by atoms with Crippen molar-refractivity contribution in [2.75, 3.05) is 19.6 Å². The summed E-state index contributed by atoms with van der Waals surface area (Å²) in [5, 5.41) is 3.73. The van der Waals surface area contributed by atoms with Crippen molar-refractivity contribution in [3.05, 3.63) is 35.4 Å². The highest BCUT2D eigenvalue weighted by molar-refractivity contribution is 5.24. The summed E-state index contributed by atoms with van der Waals surface area (Å²) in [6.07, 6.45) is 2.68. The van der Waals surface area contributed by atoms with Crippen LogP contribution in [0.1, 0.15) is 57.6 Å². The first-order chi connectivity index (χ1) is 10.1. The van der Waals surface area contributed by atoms with Crippen molar-refractivity contribution in [2.24, 2.45) is 5.92 Å². The summed E-state index contributed by atoms with van der Waals surface area (Å²) in [5.41, 5.74) is 2.83. The maximum atomic E-state index is 3.73. The lowest BCUT2D eigenvalue weighted by molar-refractivity contribution is 0.168. The molecule has 1 aromatic rings. The molecule has 2 nitrogen and oxygen atoms in total. The van der Waals surface area contributed by atoms with Crippen LogP contribution < -0.4 is 5.32 Å². The molecule has 1 aliphatic rings. The highest BCUT2D eigenvalue weighted by atomic mass is 15.1. The van der Waals surface area contributed by atoms with Gasteiger partial charge in [-0.1, -0.05) is 45.0 Å². The van der Waals surface area contributed by atoms with Crippen LogP contribution >= 0.6 is 0 Å². The maximum Gasteiger partial charge on any atom is 0.0208 e. The number of rotatable bonds is 6. The molecule has 2 rings (SSSR count). The molecule has 0 spiro atoms. The molecule has 0 bridgehead atoms. The number of nitrogens with one attached hydrogen (secondary N) is 1. The molecule has 0 amide bonds. The molecule has 1 unspecified atom stereocenters. The Kier molecular flexibility index (Phi) is 6.25. The Morgan fingerprint density at radius 1 is 1.10 bits per heavy atom. The van der Waals surface area contributed by atoms with Gasteiger partial charge in [0.15, 0.2) is 0 Å². The van der Waals surface area contributed by atoms with Crippen molar-refractivity contribution >= 4 is 0 Å². The van der Waals surface area contributed by atoms with Crippen LogP contribution in [0.25, 0.3) is 0 Å². The molecule has 0 saturated carbocycles. The highest BCUT2D eigenvalue weighted by Crippen LogP contribution is 2.21. The number of piperidine rings is 1. The zero-order valence-electron chi connectivity index (χ0n) is 14.2. The van der Waals surface area contributed by atoms with Crippen molar-refractivity contribution in [3.8, 4) is 0 Å². The molecule has 1 aromatic carbocycles. The third-order valence-electron chi connectivity index (χ3n) is 5.06. The molecule has 118 valence electrons. The Labute approximate surface area is 130 Å². The fraction of sp³-hybridized carbons (Fsp3) is 0.684. The molecular formula is C19H32N2. The summed E-state index contributed by atoms with van der Waals surface area (Å²) >= 11 is 0. The summed E-state index contributed by atoms with van der Waals surface area (Å²) in [6.45, 7) is 13.9. The molecular weight excluding hydrogens is 256 g/mol. The summed E-state index contributed by atoms with van der Waals surface area (Å²) in [7, 11) is 0. The molecule has 1 atom stereocenters. The summed E-state index contributed by atoms with van der Waals surface area (Å²) in [4.78, 5) is 2.56. The molecule has 1 heterocycles. The van der Waals surface area contributed by atoms with Crippen LogP contribution in [-0.2, 0) is 6.54 Å². The first-order valence-electron chi connectivity index (χ1n) is 8.64. The normalized spacial score (nSPS) is 19.1. The molecule has 0 aliphatic carbocycles. The zero-order valence-corrected chi connectivity index (χ0v) is 14.2. The van der Waals surface area contributed by atoms with Crippen molar-refractivity contribution in [2.45, 2.75) is 59.0 Å². The van der Waals surface area contributed by atoms with Gasteiger partial charge in [-0.05, 0) is 62.4 Å². The average Bonchev–Trinajstić information content (AvgIpc) is 2.53. The van der Waals surface area contributed by atoms with E-state index in [1.165, 1.54) is 43.6 Å². The molecule has 1 aliphatic heterocycles. The second-order valence-electron chi connectivity index (χ2n) is 6.84. The predicted molar refractivity (Wildman–Crippen MR) is 91.7 cm³/mol. The summed E-state index contributed by atoms with van der Waals surface area (Å²) in [5.74, 6) is 1.46. The van der Waals surface area contributed by atoms with E-state index in [1.54, 1.807) is 0 Å². The van der Waals surface area contributed by atoms with Gasteiger partial charge in [-0.15, -0.1) is 0 Å². The van der Waals surface area contributed by atoms with Crippen molar-refractivity contribution in [3.63, 3.8) is 0 Å². The van der Waals surface area contributed by atoms with Crippen LogP contribution in [0.3, 0.4) is 0 Å². The van der Waals surface area contributed by atoms with E-state index >= 15 is 0 Å². The number of benzene rings is 1. The van der Waals surface area contributed by atoms with Gasteiger partial charge in [-0.2, -0.15) is 0 Å². The van der Waals surface area contributed by atoms with Crippen LogP contribution in [-0.4, -0.2) is 30.6 Å². The molecule has 1 N–H and O–H groups in total. The minimum Gasteiger partial charge on any atom is -0.310 e. The number of hydrogen-bond acceptors (Lipinski definition) is 2. The van der Waals surface area contributed by atoms with E-state index in [0.29, 0.717) is 12.0 Å². The second kappa shape index (κ2) is 7.95. The Bertz CT molecular complexity index is 402. The number of likely N-dealkylation sites (tertiary alicyclic amines) is 1. The van der Waals surface area contributed by atoms with Gasteiger partial charge in [0, 0.05) is 12.6 Å². The fourth-order valence-corrected chi connectivity index (χ4v) is 3.24. The molecule has 2 heteroatoms. The van der Waals surface area contributed by atoms with Crippen molar-refractivity contribution in [1.82, 2.24) is 10.2 Å². The van der Waals surface area contributed by atoms with Gasteiger partial charge in [0.25, 0.3) is 0 Å². The van der Waals surface area contributed by atoms with E-state index < -0.39 is 0 Å². The lowest BCUT2D eigenvalue weighted by Gasteiger charge is -2.34. The van der Waals surface area contributed by atoms with Gasteiger partial charge in [0.1, 0.15) is 0 Å². The van der Waals surface area contributed by atoms with Gasteiger partial charge >= 0.3 is 0 Å². The first-order valence-corrected chi connectivity index (χ1v) is 8.64. The van der Waals surface area contributed by atoms with Crippen LogP contribution in [0.5, 0.6) is 0 Å². The van der Waals surface area contributed by atoms with Gasteiger partial charge in [-0.25, -0.2) is 0 Å². The second-order valence-corrected chi connectivity index (χ2v) is 6.84. The summed E-state index contributed by atoms with van der Waals surface area (Å²) < 4.78 is 0. The van der Waals surface area contributed by atoms with Gasteiger partial charge in [0.2, 0.25) is 0 Å². The molecule has 21 heavy (non-hydrogen) atoms. The van der Waals surface area contributed by atoms with Crippen molar-refractivity contribution < 1.29 is 0 Å².